The average Bonchev–Trinajstić information content (AvgIpc) is 2.68. The van der Waals surface area contributed by atoms with E-state index in [1.54, 1.807) is 19.9 Å². The molecule has 1 amide bonds. The van der Waals surface area contributed by atoms with Crippen molar-refractivity contribution in [3.8, 4) is 0 Å². The predicted molar refractivity (Wildman–Crippen MR) is 79.7 cm³/mol. The Morgan fingerprint density at radius 2 is 2.05 bits per heavy atom. The van der Waals surface area contributed by atoms with Gasteiger partial charge in [0.15, 0.2) is 0 Å². The van der Waals surface area contributed by atoms with Crippen molar-refractivity contribution < 1.29 is 24.2 Å². The first-order valence-electron chi connectivity index (χ1n) is 6.62. The van der Waals surface area contributed by atoms with Crippen LogP contribution in [0.5, 0.6) is 0 Å². The van der Waals surface area contributed by atoms with Crippen LogP contribution in [0.1, 0.15) is 41.9 Å². The zero-order valence-corrected chi connectivity index (χ0v) is 13.1. The van der Waals surface area contributed by atoms with Crippen molar-refractivity contribution in [3.63, 3.8) is 0 Å². The maximum atomic E-state index is 11.9. The number of aliphatic carboxylic acids is 1. The number of aryl methyl sites for hydroxylation is 1. The normalized spacial score (nSPS) is 11.8. The van der Waals surface area contributed by atoms with E-state index in [9.17, 15) is 14.4 Å². The zero-order chi connectivity index (χ0) is 16.0. The van der Waals surface area contributed by atoms with Crippen LogP contribution in [0.3, 0.4) is 0 Å². The minimum atomic E-state index is -0.936. The molecule has 0 fully saturated rings. The lowest BCUT2D eigenvalue weighted by molar-refractivity contribution is -0.138. The lowest BCUT2D eigenvalue weighted by atomic mass is 10.0. The summed E-state index contributed by atoms with van der Waals surface area (Å²) in [4.78, 5) is 35.1. The molecule has 0 saturated heterocycles. The van der Waals surface area contributed by atoms with E-state index in [-0.39, 0.29) is 31.3 Å². The quantitative estimate of drug-likeness (QED) is 0.755. The molecule has 0 bridgehead atoms. The number of esters is 1. The highest BCUT2D eigenvalue weighted by atomic mass is 32.1. The van der Waals surface area contributed by atoms with E-state index in [4.69, 9.17) is 9.84 Å². The second kappa shape index (κ2) is 7.78. The second-order valence-electron chi connectivity index (χ2n) is 4.78. The van der Waals surface area contributed by atoms with Crippen LogP contribution in [0.25, 0.3) is 0 Å². The van der Waals surface area contributed by atoms with Gasteiger partial charge in [-0.25, -0.2) is 4.79 Å². The summed E-state index contributed by atoms with van der Waals surface area (Å²) in [5, 5.41) is 11.8. The lowest BCUT2D eigenvalue weighted by Gasteiger charge is -2.09. The first-order valence-corrected chi connectivity index (χ1v) is 7.44. The van der Waals surface area contributed by atoms with Crippen molar-refractivity contribution in [1.29, 1.82) is 0 Å². The number of nitrogens with one attached hydrogen (secondary N) is 1. The molecular weight excluding hydrogens is 294 g/mol. The van der Waals surface area contributed by atoms with Gasteiger partial charge in [0.2, 0.25) is 5.91 Å². The van der Waals surface area contributed by atoms with Crippen molar-refractivity contribution in [1.82, 2.24) is 0 Å². The molecule has 1 atom stereocenters. The van der Waals surface area contributed by atoms with Crippen LogP contribution in [0.2, 0.25) is 0 Å². The molecule has 7 heteroatoms. The molecule has 6 nitrogen and oxygen atoms in total. The summed E-state index contributed by atoms with van der Waals surface area (Å²) in [7, 11) is 0. The van der Waals surface area contributed by atoms with Crippen molar-refractivity contribution in [3.05, 3.63) is 16.5 Å². The Labute approximate surface area is 127 Å². The van der Waals surface area contributed by atoms with Crippen LogP contribution in [0, 0.1) is 12.8 Å². The van der Waals surface area contributed by atoms with Crippen molar-refractivity contribution >= 4 is 34.2 Å². The maximum absolute atomic E-state index is 11.9. The van der Waals surface area contributed by atoms with E-state index >= 15 is 0 Å². The smallest absolute Gasteiger partial charge is 0.341 e. The minimum absolute atomic E-state index is 0.0678. The van der Waals surface area contributed by atoms with Gasteiger partial charge in [-0.2, -0.15) is 0 Å². The fourth-order valence-corrected chi connectivity index (χ4v) is 2.75. The van der Waals surface area contributed by atoms with Gasteiger partial charge in [-0.15, -0.1) is 11.3 Å². The van der Waals surface area contributed by atoms with Gasteiger partial charge in [0.05, 0.1) is 12.2 Å². The standard InChI is InChI=1S/C14H19NO5S/c1-4-20-14(19)10-7-9(3)21-13(10)15-11(16)5-8(2)6-12(17)18/h7-8H,4-6H2,1-3H3,(H,15,16)(H,17,18). The third-order valence-corrected chi connectivity index (χ3v) is 3.63. The molecule has 1 rings (SSSR count). The topological polar surface area (TPSA) is 92.7 Å². The molecule has 2 N–H and O–H groups in total. The third-order valence-electron chi connectivity index (χ3n) is 2.66. The molecule has 116 valence electrons. The molecule has 1 unspecified atom stereocenters. The van der Waals surface area contributed by atoms with Gasteiger partial charge in [-0.3, -0.25) is 9.59 Å². The second-order valence-corrected chi connectivity index (χ2v) is 6.03. The van der Waals surface area contributed by atoms with Crippen LogP contribution in [0.15, 0.2) is 6.07 Å². The largest absolute Gasteiger partial charge is 0.481 e. The Kier molecular flexibility index (Phi) is 6.36. The molecule has 1 aromatic rings. The van der Waals surface area contributed by atoms with Gasteiger partial charge in [0.25, 0.3) is 0 Å². The number of thiophene rings is 1. The molecule has 1 heterocycles. The van der Waals surface area contributed by atoms with Crippen molar-refractivity contribution in [2.75, 3.05) is 11.9 Å². The molecule has 0 radical (unpaired) electrons. The molecule has 0 aromatic carbocycles. The molecule has 0 aliphatic rings. The van der Waals surface area contributed by atoms with Gasteiger partial charge in [0.1, 0.15) is 5.00 Å². The Balaban J connectivity index is 2.72. The third kappa shape index (κ3) is 5.55. The van der Waals surface area contributed by atoms with E-state index < -0.39 is 11.9 Å². The fourth-order valence-electron chi connectivity index (χ4n) is 1.83. The SMILES string of the molecule is CCOC(=O)c1cc(C)sc1NC(=O)CC(C)CC(=O)O. The zero-order valence-electron chi connectivity index (χ0n) is 12.3. The Morgan fingerprint density at radius 3 is 2.62 bits per heavy atom. The van der Waals surface area contributed by atoms with Gasteiger partial charge >= 0.3 is 11.9 Å². The minimum Gasteiger partial charge on any atom is -0.481 e. The highest BCUT2D eigenvalue weighted by Crippen LogP contribution is 2.28. The molecule has 0 aliphatic carbocycles. The monoisotopic (exact) mass is 313 g/mol. The molecule has 1 aromatic heterocycles. The number of amides is 1. The highest BCUT2D eigenvalue weighted by Gasteiger charge is 2.19. The summed E-state index contributed by atoms with van der Waals surface area (Å²) in [6, 6.07) is 1.67. The maximum Gasteiger partial charge on any atom is 0.341 e. The van der Waals surface area contributed by atoms with Crippen LogP contribution in [-0.2, 0) is 14.3 Å². The van der Waals surface area contributed by atoms with E-state index in [0.29, 0.717) is 10.6 Å². The summed E-state index contributed by atoms with van der Waals surface area (Å²) < 4.78 is 4.94. The number of carbonyl (C=O) groups excluding carboxylic acids is 2. The van der Waals surface area contributed by atoms with Gasteiger partial charge < -0.3 is 15.2 Å². The number of hydrogen-bond donors (Lipinski definition) is 2. The van der Waals surface area contributed by atoms with E-state index in [0.717, 1.165) is 4.88 Å². The molecular formula is C14H19NO5S. The number of carboxylic acids is 1. The van der Waals surface area contributed by atoms with Crippen LogP contribution in [0.4, 0.5) is 5.00 Å². The first-order chi connectivity index (χ1) is 9.83. The van der Waals surface area contributed by atoms with Gasteiger partial charge in [-0.1, -0.05) is 6.92 Å². The van der Waals surface area contributed by atoms with Crippen molar-refractivity contribution in [2.24, 2.45) is 5.92 Å². The number of ether oxygens (including phenoxy) is 1. The van der Waals surface area contributed by atoms with Gasteiger partial charge in [0, 0.05) is 17.7 Å². The fraction of sp³-hybridized carbons (Fsp3) is 0.500. The molecule has 0 saturated carbocycles. The average molecular weight is 313 g/mol. The first kappa shape index (κ1) is 17.2. The summed E-state index contributed by atoms with van der Waals surface area (Å²) in [5.74, 6) is -1.99. The summed E-state index contributed by atoms with van der Waals surface area (Å²) in [5.41, 5.74) is 0.332. The van der Waals surface area contributed by atoms with Crippen LogP contribution >= 0.6 is 11.3 Å². The molecule has 21 heavy (non-hydrogen) atoms. The van der Waals surface area contributed by atoms with Crippen LogP contribution < -0.4 is 5.32 Å². The highest BCUT2D eigenvalue weighted by molar-refractivity contribution is 7.16. The summed E-state index contributed by atoms with van der Waals surface area (Å²) >= 11 is 1.29. The number of rotatable bonds is 7. The molecule has 0 spiro atoms. The number of carbonyl (C=O) groups is 3. The van der Waals surface area contributed by atoms with Crippen LogP contribution in [-0.4, -0.2) is 29.6 Å². The number of carboxylic acid groups (broad SMARTS) is 1. The predicted octanol–water partition coefficient (Wildman–Crippen LogP) is 2.67. The lowest BCUT2D eigenvalue weighted by Crippen LogP contribution is -2.18. The Bertz CT molecular complexity index is 537. The van der Waals surface area contributed by atoms with E-state index in [1.807, 2.05) is 6.92 Å². The number of hydrogen-bond acceptors (Lipinski definition) is 5. The van der Waals surface area contributed by atoms with E-state index in [1.165, 1.54) is 11.3 Å². The van der Waals surface area contributed by atoms with Crippen molar-refractivity contribution in [2.45, 2.75) is 33.6 Å². The van der Waals surface area contributed by atoms with E-state index in [2.05, 4.69) is 5.32 Å². The van der Waals surface area contributed by atoms with Gasteiger partial charge in [-0.05, 0) is 25.8 Å². The summed E-state index contributed by atoms with van der Waals surface area (Å²) in [6.07, 6.45) is 0.0210. The Morgan fingerprint density at radius 1 is 1.38 bits per heavy atom. The summed E-state index contributed by atoms with van der Waals surface area (Å²) in [6.45, 7) is 5.50. The Hall–Kier alpha value is -1.89. The number of anilines is 1. The molecule has 0 aliphatic heterocycles.